The summed E-state index contributed by atoms with van der Waals surface area (Å²) in [5.74, 6) is 1.01. The summed E-state index contributed by atoms with van der Waals surface area (Å²) in [7, 11) is 0. The van der Waals surface area contributed by atoms with Crippen molar-refractivity contribution in [2.75, 3.05) is 24.5 Å². The van der Waals surface area contributed by atoms with E-state index in [4.69, 9.17) is 15.8 Å². The van der Waals surface area contributed by atoms with Gasteiger partial charge in [-0.15, -0.1) is 0 Å². The van der Waals surface area contributed by atoms with Crippen molar-refractivity contribution in [2.45, 2.75) is 65.1 Å². The highest BCUT2D eigenvalue weighted by Gasteiger charge is 2.32. The van der Waals surface area contributed by atoms with Crippen LogP contribution in [0.3, 0.4) is 0 Å². The van der Waals surface area contributed by atoms with Gasteiger partial charge in [0.15, 0.2) is 5.65 Å². The van der Waals surface area contributed by atoms with E-state index in [2.05, 4.69) is 16.9 Å². The summed E-state index contributed by atoms with van der Waals surface area (Å²) in [6.45, 7) is 9.18. The number of carbonyl (C=O) groups is 1. The highest BCUT2D eigenvalue weighted by Crippen LogP contribution is 2.33. The molecule has 0 aliphatic carbocycles. The summed E-state index contributed by atoms with van der Waals surface area (Å²) in [4.78, 5) is 22.7. The number of hydrogen-bond donors (Lipinski definition) is 1. The molecule has 3 aromatic heterocycles. The number of hydrogen-bond acceptors (Lipinski definition) is 6. The summed E-state index contributed by atoms with van der Waals surface area (Å²) in [5.41, 5.74) is 10.4. The van der Waals surface area contributed by atoms with Crippen molar-refractivity contribution >= 4 is 17.4 Å². The second-order valence-corrected chi connectivity index (χ2v) is 9.11. The van der Waals surface area contributed by atoms with Crippen molar-refractivity contribution in [1.82, 2.24) is 29.3 Å². The van der Waals surface area contributed by atoms with Crippen molar-refractivity contribution in [3.05, 3.63) is 41.0 Å². The number of piperidine rings is 1. The van der Waals surface area contributed by atoms with Gasteiger partial charge in [-0.25, -0.2) is 9.50 Å². The minimum atomic E-state index is -0.0533. The second-order valence-electron chi connectivity index (χ2n) is 9.11. The third-order valence-corrected chi connectivity index (χ3v) is 6.67. The van der Waals surface area contributed by atoms with Crippen molar-refractivity contribution in [2.24, 2.45) is 5.73 Å². The number of nitrogens with two attached hydrogens (primary N) is 1. The SMILES string of the molecule is CCn1nc(C)cc1C(=O)N1CCCC[C@H]1c1cc2nc(N3CC[C@H](N)C3)c(C)cn2n1. The Morgan fingerprint density at radius 2 is 2.00 bits per heavy atom. The lowest BCUT2D eigenvalue weighted by Gasteiger charge is -2.34. The Morgan fingerprint density at radius 1 is 1.16 bits per heavy atom. The molecule has 9 nitrogen and oxygen atoms in total. The average molecular weight is 437 g/mol. The van der Waals surface area contributed by atoms with E-state index in [1.165, 1.54) is 0 Å². The third-order valence-electron chi connectivity index (χ3n) is 6.67. The van der Waals surface area contributed by atoms with Gasteiger partial charge in [-0.2, -0.15) is 10.2 Å². The summed E-state index contributed by atoms with van der Waals surface area (Å²) in [5, 5.41) is 9.31. The van der Waals surface area contributed by atoms with Crippen molar-refractivity contribution < 1.29 is 4.79 Å². The van der Waals surface area contributed by atoms with Gasteiger partial charge in [-0.05, 0) is 52.5 Å². The van der Waals surface area contributed by atoms with E-state index in [0.717, 1.165) is 73.7 Å². The van der Waals surface area contributed by atoms with E-state index in [0.29, 0.717) is 12.2 Å². The monoisotopic (exact) mass is 436 g/mol. The number of aromatic nitrogens is 5. The minimum Gasteiger partial charge on any atom is -0.355 e. The fraction of sp³-hybridized carbons (Fsp3) is 0.565. The van der Waals surface area contributed by atoms with Gasteiger partial charge in [0, 0.05) is 50.0 Å². The first-order chi connectivity index (χ1) is 15.4. The summed E-state index contributed by atoms with van der Waals surface area (Å²) < 4.78 is 3.65. The lowest BCUT2D eigenvalue weighted by molar-refractivity contribution is 0.0593. The molecule has 1 amide bonds. The molecule has 170 valence electrons. The van der Waals surface area contributed by atoms with Crippen LogP contribution in [0.4, 0.5) is 5.82 Å². The number of anilines is 1. The Balaban J connectivity index is 1.48. The predicted molar refractivity (Wildman–Crippen MR) is 123 cm³/mol. The van der Waals surface area contributed by atoms with Crippen LogP contribution in [0.5, 0.6) is 0 Å². The second kappa shape index (κ2) is 8.20. The largest absolute Gasteiger partial charge is 0.355 e. The van der Waals surface area contributed by atoms with Crippen LogP contribution in [0.25, 0.3) is 5.65 Å². The average Bonchev–Trinajstić information content (AvgIpc) is 3.50. The minimum absolute atomic E-state index is 0.0325. The van der Waals surface area contributed by atoms with Crippen LogP contribution >= 0.6 is 0 Å². The highest BCUT2D eigenvalue weighted by molar-refractivity contribution is 5.93. The Kier molecular flexibility index (Phi) is 5.36. The molecule has 2 atom stereocenters. The van der Waals surface area contributed by atoms with Gasteiger partial charge in [0.05, 0.1) is 17.4 Å². The van der Waals surface area contributed by atoms with Crippen LogP contribution in [0.1, 0.15) is 66.1 Å². The number of carbonyl (C=O) groups excluding carboxylic acids is 1. The van der Waals surface area contributed by atoms with E-state index >= 15 is 0 Å². The molecule has 2 N–H and O–H groups in total. The molecule has 32 heavy (non-hydrogen) atoms. The van der Waals surface area contributed by atoms with Gasteiger partial charge < -0.3 is 15.5 Å². The maximum absolute atomic E-state index is 13.5. The first-order valence-electron chi connectivity index (χ1n) is 11.7. The predicted octanol–water partition coefficient (Wildman–Crippen LogP) is 2.47. The van der Waals surface area contributed by atoms with Gasteiger partial charge in [-0.3, -0.25) is 9.48 Å². The summed E-state index contributed by atoms with van der Waals surface area (Å²) >= 11 is 0. The van der Waals surface area contributed by atoms with Crippen LogP contribution in [0.15, 0.2) is 18.3 Å². The van der Waals surface area contributed by atoms with Gasteiger partial charge >= 0.3 is 0 Å². The van der Waals surface area contributed by atoms with Crippen LogP contribution in [0, 0.1) is 13.8 Å². The molecule has 0 saturated carbocycles. The number of fused-ring (bicyclic) bond motifs is 1. The number of rotatable bonds is 4. The first kappa shape index (κ1) is 20.9. The third kappa shape index (κ3) is 3.64. The highest BCUT2D eigenvalue weighted by atomic mass is 16.2. The van der Waals surface area contributed by atoms with Gasteiger partial charge in [0.1, 0.15) is 11.5 Å². The van der Waals surface area contributed by atoms with E-state index in [9.17, 15) is 4.79 Å². The zero-order valence-corrected chi connectivity index (χ0v) is 19.2. The molecule has 2 aliphatic heterocycles. The molecule has 0 unspecified atom stereocenters. The van der Waals surface area contributed by atoms with Gasteiger partial charge in [0.2, 0.25) is 0 Å². The maximum Gasteiger partial charge on any atom is 0.272 e. The molecule has 9 heteroatoms. The number of likely N-dealkylation sites (tertiary alicyclic amines) is 1. The number of amides is 1. The quantitative estimate of drug-likeness (QED) is 0.675. The van der Waals surface area contributed by atoms with E-state index in [-0.39, 0.29) is 18.0 Å². The van der Waals surface area contributed by atoms with Gasteiger partial charge in [0.25, 0.3) is 5.91 Å². The standard InChI is InChI=1S/C23H32N8O/c1-4-30-20(11-16(3)26-30)23(32)29-9-6-5-7-19(29)18-12-21-25-22(15(2)13-31(21)27-18)28-10-8-17(24)14-28/h11-13,17,19H,4-10,14,24H2,1-3H3/t17-,19-/m0/s1. The Bertz CT molecular complexity index is 1150. The maximum atomic E-state index is 13.5. The van der Waals surface area contributed by atoms with E-state index in [1.54, 1.807) is 4.68 Å². The van der Waals surface area contributed by atoms with E-state index in [1.807, 2.05) is 41.6 Å². The zero-order chi connectivity index (χ0) is 22.4. The van der Waals surface area contributed by atoms with Crippen LogP contribution < -0.4 is 10.6 Å². The van der Waals surface area contributed by atoms with Crippen LogP contribution in [-0.4, -0.2) is 60.9 Å². The molecule has 0 radical (unpaired) electrons. The Hall–Kier alpha value is -2.94. The molecule has 3 aromatic rings. The molecule has 2 saturated heterocycles. The normalized spacial score (nSPS) is 21.6. The smallest absolute Gasteiger partial charge is 0.272 e. The molecular formula is C23H32N8O. The zero-order valence-electron chi connectivity index (χ0n) is 19.2. The fourth-order valence-corrected chi connectivity index (χ4v) is 5.07. The first-order valence-corrected chi connectivity index (χ1v) is 11.7. The Labute approximate surface area is 188 Å². The molecule has 0 aromatic carbocycles. The molecular weight excluding hydrogens is 404 g/mol. The topological polar surface area (TPSA) is 97.6 Å². The number of nitrogens with zero attached hydrogens (tertiary/aromatic N) is 7. The van der Waals surface area contributed by atoms with Crippen LogP contribution in [-0.2, 0) is 6.54 Å². The molecule has 2 fully saturated rings. The lowest BCUT2D eigenvalue weighted by Crippen LogP contribution is -2.39. The Morgan fingerprint density at radius 3 is 2.75 bits per heavy atom. The molecule has 2 aliphatic rings. The molecule has 5 heterocycles. The molecule has 0 spiro atoms. The summed E-state index contributed by atoms with van der Waals surface area (Å²) in [6.07, 6.45) is 6.02. The van der Waals surface area contributed by atoms with Crippen molar-refractivity contribution in [3.63, 3.8) is 0 Å². The van der Waals surface area contributed by atoms with Crippen LogP contribution in [0.2, 0.25) is 0 Å². The van der Waals surface area contributed by atoms with Crippen molar-refractivity contribution in [1.29, 1.82) is 0 Å². The molecule has 5 rings (SSSR count). The van der Waals surface area contributed by atoms with E-state index < -0.39 is 0 Å². The molecule has 0 bridgehead atoms. The number of aryl methyl sites for hydroxylation is 3. The van der Waals surface area contributed by atoms with Crippen molar-refractivity contribution in [3.8, 4) is 0 Å². The summed E-state index contributed by atoms with van der Waals surface area (Å²) in [6, 6.07) is 4.08. The van der Waals surface area contributed by atoms with Gasteiger partial charge in [-0.1, -0.05) is 0 Å². The fourth-order valence-electron chi connectivity index (χ4n) is 5.07. The lowest BCUT2D eigenvalue weighted by atomic mass is 9.99.